The van der Waals surface area contributed by atoms with Gasteiger partial charge in [-0.25, -0.2) is 4.79 Å². The van der Waals surface area contributed by atoms with Gasteiger partial charge in [0.15, 0.2) is 8.32 Å². The number of hydrogen-bond acceptors (Lipinski definition) is 4. The molecule has 0 aliphatic heterocycles. The van der Waals surface area contributed by atoms with E-state index in [9.17, 15) is 9.59 Å². The molecular weight excluding hydrogens is 370 g/mol. The first kappa shape index (κ1) is 22.4. The first-order chi connectivity index (χ1) is 13.2. The van der Waals surface area contributed by atoms with Crippen LogP contribution in [0.15, 0.2) is 24.4 Å². The Hall–Kier alpha value is -1.92. The molecule has 0 saturated heterocycles. The van der Waals surface area contributed by atoms with Crippen LogP contribution in [0.3, 0.4) is 0 Å². The molecule has 0 saturated carbocycles. The third kappa shape index (κ3) is 4.08. The molecule has 28 heavy (non-hydrogen) atoms. The van der Waals surface area contributed by atoms with Crippen molar-refractivity contribution in [3.05, 3.63) is 35.5 Å². The van der Waals surface area contributed by atoms with E-state index in [1.165, 1.54) is 7.11 Å². The fourth-order valence-corrected chi connectivity index (χ4v) is 10.1. The minimum atomic E-state index is -1.91. The number of nitrogens with one attached hydrogen (secondary N) is 1. The van der Waals surface area contributed by atoms with Crippen molar-refractivity contribution in [3.63, 3.8) is 0 Å². The number of Topliss-reactive ketones (excluding diaryl/α,β-unsaturated/α-hetero) is 1. The quantitative estimate of drug-likeness (QED) is 0.268. The zero-order chi connectivity index (χ0) is 21.1. The summed E-state index contributed by atoms with van der Waals surface area (Å²) in [5.41, 5.74) is 3.93. The van der Waals surface area contributed by atoms with Gasteiger partial charge in [-0.3, -0.25) is 4.79 Å². The number of para-hydroxylation sites is 1. The first-order valence-corrected chi connectivity index (χ1v) is 12.2. The summed E-state index contributed by atoms with van der Waals surface area (Å²) in [6.45, 7) is 14.3. The topological polar surface area (TPSA) is 68.4 Å². The number of aromatic amines is 1. The van der Waals surface area contributed by atoms with E-state index in [0.717, 1.165) is 22.9 Å². The van der Waals surface area contributed by atoms with Crippen LogP contribution < -0.4 is 0 Å². The molecule has 0 aliphatic carbocycles. The molecule has 0 bridgehead atoms. The fraction of sp³-hybridized carbons (Fsp3) is 0.545. The van der Waals surface area contributed by atoms with Gasteiger partial charge in [-0.1, -0.05) is 59.7 Å². The largest absolute Gasteiger partial charge is 0.463 e. The second-order valence-corrected chi connectivity index (χ2v) is 13.7. The van der Waals surface area contributed by atoms with Gasteiger partial charge in [0.25, 0.3) is 5.78 Å². The predicted molar refractivity (Wildman–Crippen MR) is 115 cm³/mol. The average Bonchev–Trinajstić information content (AvgIpc) is 3.07. The molecule has 0 spiro atoms. The normalized spacial score (nSPS) is 12.4. The van der Waals surface area contributed by atoms with Gasteiger partial charge >= 0.3 is 5.97 Å². The molecule has 2 rings (SSSR count). The maximum absolute atomic E-state index is 12.2. The van der Waals surface area contributed by atoms with Crippen LogP contribution in [-0.2, 0) is 20.4 Å². The van der Waals surface area contributed by atoms with Gasteiger partial charge < -0.3 is 14.1 Å². The third-order valence-corrected chi connectivity index (χ3v) is 12.0. The van der Waals surface area contributed by atoms with Crippen LogP contribution in [0, 0.1) is 0 Å². The van der Waals surface area contributed by atoms with E-state index in [4.69, 9.17) is 4.43 Å². The molecular formula is C22H33NO4Si. The maximum Gasteiger partial charge on any atom is 0.379 e. The van der Waals surface area contributed by atoms with Crippen LogP contribution >= 0.6 is 0 Å². The molecule has 6 heteroatoms. The van der Waals surface area contributed by atoms with Gasteiger partial charge in [-0.15, -0.1) is 0 Å². The number of benzene rings is 1. The molecule has 0 amide bonds. The Morgan fingerprint density at radius 3 is 2.18 bits per heavy atom. The predicted octanol–water partition coefficient (Wildman–Crippen LogP) is 5.26. The zero-order valence-electron chi connectivity index (χ0n) is 18.1. The number of rotatable bonds is 9. The van der Waals surface area contributed by atoms with Crippen molar-refractivity contribution < 1.29 is 18.8 Å². The van der Waals surface area contributed by atoms with E-state index in [0.29, 0.717) is 28.8 Å². The van der Waals surface area contributed by atoms with Gasteiger partial charge in [-0.2, -0.15) is 0 Å². The Balaban J connectivity index is 2.25. The van der Waals surface area contributed by atoms with Crippen LogP contribution in [-0.4, -0.2) is 38.8 Å². The lowest BCUT2D eigenvalue weighted by molar-refractivity contribution is -0.135. The molecule has 2 aromatic rings. The van der Waals surface area contributed by atoms with Crippen molar-refractivity contribution in [1.82, 2.24) is 4.98 Å². The lowest BCUT2D eigenvalue weighted by Gasteiger charge is -2.42. The molecule has 0 unspecified atom stereocenters. The first-order valence-electron chi connectivity index (χ1n) is 10.0. The number of methoxy groups -OCH3 is 1. The fourth-order valence-electron chi connectivity index (χ4n) is 4.65. The number of fused-ring (bicyclic) bond motifs is 1. The molecule has 154 valence electrons. The lowest BCUT2D eigenvalue weighted by atomic mass is 10.0. The highest BCUT2D eigenvalue weighted by Crippen LogP contribution is 2.42. The number of esters is 1. The summed E-state index contributed by atoms with van der Waals surface area (Å²) in [6.07, 6.45) is 2.34. The van der Waals surface area contributed by atoms with Crippen molar-refractivity contribution in [3.8, 4) is 0 Å². The molecule has 1 N–H and O–H groups in total. The van der Waals surface area contributed by atoms with Crippen LogP contribution in [0.4, 0.5) is 0 Å². The average molecular weight is 404 g/mol. The van der Waals surface area contributed by atoms with Crippen LogP contribution in [0.5, 0.6) is 0 Å². The number of ether oxygens (including phenoxy) is 1. The van der Waals surface area contributed by atoms with E-state index in [-0.39, 0.29) is 0 Å². The summed E-state index contributed by atoms with van der Waals surface area (Å²) in [6, 6.07) is 5.80. The van der Waals surface area contributed by atoms with Crippen molar-refractivity contribution in [1.29, 1.82) is 0 Å². The highest BCUT2D eigenvalue weighted by atomic mass is 28.4. The number of hydrogen-bond donors (Lipinski definition) is 1. The number of aromatic nitrogens is 1. The lowest BCUT2D eigenvalue weighted by Crippen LogP contribution is -2.48. The maximum atomic E-state index is 12.2. The minimum Gasteiger partial charge on any atom is -0.463 e. The second kappa shape index (κ2) is 9.05. The summed E-state index contributed by atoms with van der Waals surface area (Å²) in [5.74, 6) is -1.48. The molecule has 0 fully saturated rings. The molecule has 1 aromatic carbocycles. The SMILES string of the molecule is COC(=O)C(=O)c1c[nH]c2c(CCO[Si](C(C)C)(C(C)C)C(C)C)cccc12. The summed E-state index contributed by atoms with van der Waals surface area (Å²) < 4.78 is 11.2. The van der Waals surface area contributed by atoms with E-state index >= 15 is 0 Å². The molecule has 0 aliphatic rings. The Morgan fingerprint density at radius 2 is 1.64 bits per heavy atom. The van der Waals surface area contributed by atoms with Crippen LogP contribution in [0.25, 0.3) is 10.9 Å². The van der Waals surface area contributed by atoms with Crippen LogP contribution in [0.2, 0.25) is 16.6 Å². The van der Waals surface area contributed by atoms with Gasteiger partial charge in [-0.05, 0) is 28.6 Å². The van der Waals surface area contributed by atoms with Crippen molar-refractivity contribution >= 4 is 31.0 Å². The zero-order valence-corrected chi connectivity index (χ0v) is 19.1. The highest BCUT2D eigenvalue weighted by molar-refractivity contribution is 6.77. The van der Waals surface area contributed by atoms with E-state index in [1.54, 1.807) is 6.20 Å². The summed E-state index contributed by atoms with van der Waals surface area (Å²) in [4.78, 5) is 27.0. The number of H-pyrrole nitrogens is 1. The summed E-state index contributed by atoms with van der Waals surface area (Å²) in [5, 5.41) is 0.744. The van der Waals surface area contributed by atoms with Gasteiger partial charge in [0.1, 0.15) is 0 Å². The molecule has 1 aromatic heterocycles. The van der Waals surface area contributed by atoms with Gasteiger partial charge in [0.2, 0.25) is 0 Å². The number of carbonyl (C=O) groups excluding carboxylic acids is 2. The van der Waals surface area contributed by atoms with Gasteiger partial charge in [0, 0.05) is 23.7 Å². The van der Waals surface area contributed by atoms with E-state index in [2.05, 4.69) is 51.3 Å². The summed E-state index contributed by atoms with van der Waals surface area (Å²) >= 11 is 0. The molecule has 0 radical (unpaired) electrons. The van der Waals surface area contributed by atoms with Crippen molar-refractivity contribution in [2.24, 2.45) is 0 Å². The third-order valence-electron chi connectivity index (χ3n) is 5.85. The Morgan fingerprint density at radius 1 is 1.04 bits per heavy atom. The molecule has 5 nitrogen and oxygen atoms in total. The molecule has 1 heterocycles. The summed E-state index contributed by atoms with van der Waals surface area (Å²) in [7, 11) is -0.693. The Bertz CT molecular complexity index is 816. The minimum absolute atomic E-state index is 0.347. The number of carbonyl (C=O) groups is 2. The monoisotopic (exact) mass is 403 g/mol. The van der Waals surface area contributed by atoms with Crippen LogP contribution in [0.1, 0.15) is 57.5 Å². The second-order valence-electron chi connectivity index (χ2n) is 8.28. The Labute approximate surface area is 168 Å². The standard InChI is InChI=1S/C22H33NO4Si/c1-14(2)28(15(3)4,16(5)6)27-12-11-17-9-8-10-18-19(13-23-20(17)18)21(24)22(25)26-7/h8-10,13-16,23H,11-12H2,1-7H3. The molecule has 0 atom stereocenters. The van der Waals surface area contributed by atoms with E-state index in [1.807, 2.05) is 18.2 Å². The smallest absolute Gasteiger partial charge is 0.379 e. The van der Waals surface area contributed by atoms with Gasteiger partial charge in [0.05, 0.1) is 12.7 Å². The highest BCUT2D eigenvalue weighted by Gasteiger charge is 2.44. The van der Waals surface area contributed by atoms with E-state index < -0.39 is 20.1 Å². The number of ketones is 1. The Kier molecular flexibility index (Phi) is 7.23. The van der Waals surface area contributed by atoms with Crippen molar-refractivity contribution in [2.75, 3.05) is 13.7 Å². The van der Waals surface area contributed by atoms with Crippen molar-refractivity contribution in [2.45, 2.75) is 64.6 Å².